The Morgan fingerprint density at radius 1 is 1.07 bits per heavy atom. The molecule has 1 aromatic carbocycles. The molecule has 0 aliphatic carbocycles. The van der Waals surface area contributed by atoms with Gasteiger partial charge in [0, 0.05) is 37.1 Å². The Kier molecular flexibility index (Phi) is 4.44. The van der Waals surface area contributed by atoms with Gasteiger partial charge in [-0.1, -0.05) is 31.0 Å². The van der Waals surface area contributed by atoms with Crippen molar-refractivity contribution < 1.29 is 8.42 Å². The van der Waals surface area contributed by atoms with Crippen LogP contribution in [0.2, 0.25) is 0 Å². The average molecular weight is 424 g/mol. The van der Waals surface area contributed by atoms with Gasteiger partial charge in [-0.25, -0.2) is 22.4 Å². The van der Waals surface area contributed by atoms with Crippen LogP contribution in [0.1, 0.15) is 30.5 Å². The second-order valence-electron chi connectivity index (χ2n) is 8.27. The highest BCUT2D eigenvalue weighted by atomic mass is 32.2. The van der Waals surface area contributed by atoms with Gasteiger partial charge in [-0.15, -0.1) is 0 Å². The van der Waals surface area contributed by atoms with Crippen LogP contribution in [-0.4, -0.2) is 51.8 Å². The summed E-state index contributed by atoms with van der Waals surface area (Å²) in [5.74, 6) is 0.911. The Hall–Kier alpha value is -2.71. The maximum Gasteiger partial charge on any atom is 0.269 e. The van der Waals surface area contributed by atoms with Crippen molar-refractivity contribution in [1.29, 1.82) is 0 Å². The number of benzene rings is 1. The normalized spacial score (nSPS) is 20.5. The summed E-state index contributed by atoms with van der Waals surface area (Å²) in [6.45, 7) is 6.19. The molecule has 30 heavy (non-hydrogen) atoms. The standard InChI is InChI=1S/C22H25N5O2S/c1-4-16-13-25(3)14-18(16)20-11-23-21-12-24-22-19(27(20)21)9-10-26(22)30(28,29)17-7-5-15(2)6-8-17/h5-12,16,18H,4,13-14H2,1-3H3/t16-,18?/m1/s1. The van der Waals surface area contributed by atoms with E-state index in [0.29, 0.717) is 17.5 Å². The van der Waals surface area contributed by atoms with Crippen LogP contribution < -0.4 is 0 Å². The van der Waals surface area contributed by atoms with Crippen molar-refractivity contribution in [2.75, 3.05) is 20.1 Å². The number of aromatic nitrogens is 4. The smallest absolute Gasteiger partial charge is 0.269 e. The molecule has 0 radical (unpaired) electrons. The van der Waals surface area contributed by atoms with Gasteiger partial charge in [0.25, 0.3) is 10.0 Å². The van der Waals surface area contributed by atoms with E-state index in [2.05, 4.69) is 33.2 Å². The molecule has 5 rings (SSSR count). The van der Waals surface area contributed by atoms with E-state index in [1.807, 2.05) is 19.2 Å². The van der Waals surface area contributed by atoms with Crippen molar-refractivity contribution in [1.82, 2.24) is 23.2 Å². The molecule has 1 unspecified atom stereocenters. The molecule has 0 amide bonds. The average Bonchev–Trinajstić information content (AvgIpc) is 3.43. The number of likely N-dealkylation sites (tertiary alicyclic amines) is 1. The number of likely N-dealkylation sites (N-methyl/N-ethyl adjacent to an activating group) is 1. The third kappa shape index (κ3) is 2.86. The lowest BCUT2D eigenvalue weighted by Crippen LogP contribution is -2.14. The van der Waals surface area contributed by atoms with Crippen molar-refractivity contribution in [3.63, 3.8) is 0 Å². The summed E-state index contributed by atoms with van der Waals surface area (Å²) in [5.41, 5.74) is 4.06. The maximum atomic E-state index is 13.3. The van der Waals surface area contributed by atoms with Crippen molar-refractivity contribution in [3.05, 3.63) is 60.2 Å². The third-order valence-corrected chi connectivity index (χ3v) is 7.95. The number of imidazole rings is 1. The molecule has 0 spiro atoms. The van der Waals surface area contributed by atoms with Crippen LogP contribution in [0.5, 0.6) is 0 Å². The lowest BCUT2D eigenvalue weighted by atomic mass is 9.91. The van der Waals surface area contributed by atoms with Crippen molar-refractivity contribution in [2.45, 2.75) is 31.1 Å². The summed E-state index contributed by atoms with van der Waals surface area (Å²) in [4.78, 5) is 11.6. The molecular formula is C22H25N5O2S. The highest BCUT2D eigenvalue weighted by Gasteiger charge is 2.33. The molecule has 7 nitrogen and oxygen atoms in total. The monoisotopic (exact) mass is 423 g/mol. The molecule has 3 aromatic heterocycles. The Bertz CT molecular complexity index is 1340. The van der Waals surface area contributed by atoms with Gasteiger partial charge in [0.1, 0.15) is 0 Å². The number of fused-ring (bicyclic) bond motifs is 3. The van der Waals surface area contributed by atoms with E-state index < -0.39 is 10.0 Å². The zero-order valence-electron chi connectivity index (χ0n) is 17.4. The van der Waals surface area contributed by atoms with Crippen LogP contribution >= 0.6 is 0 Å². The Balaban J connectivity index is 1.69. The molecule has 8 heteroatoms. The van der Waals surface area contributed by atoms with Crippen LogP contribution in [-0.2, 0) is 10.0 Å². The minimum absolute atomic E-state index is 0.252. The lowest BCUT2D eigenvalue weighted by molar-refractivity contribution is 0.392. The summed E-state index contributed by atoms with van der Waals surface area (Å²) >= 11 is 0. The van der Waals surface area contributed by atoms with Gasteiger partial charge in [-0.2, -0.15) is 0 Å². The molecule has 4 heterocycles. The van der Waals surface area contributed by atoms with E-state index in [0.717, 1.165) is 41.9 Å². The number of hydrogen-bond acceptors (Lipinski definition) is 5. The lowest BCUT2D eigenvalue weighted by Gasteiger charge is -2.17. The first-order chi connectivity index (χ1) is 14.4. The minimum atomic E-state index is -3.73. The van der Waals surface area contributed by atoms with E-state index in [9.17, 15) is 8.42 Å². The molecular weight excluding hydrogens is 398 g/mol. The van der Waals surface area contributed by atoms with E-state index in [-0.39, 0.29) is 4.90 Å². The first-order valence-corrected chi connectivity index (χ1v) is 11.7. The molecule has 1 aliphatic rings. The van der Waals surface area contributed by atoms with Gasteiger partial charge in [0.05, 0.1) is 16.6 Å². The van der Waals surface area contributed by atoms with E-state index in [1.54, 1.807) is 36.7 Å². The van der Waals surface area contributed by atoms with Crippen molar-refractivity contribution >= 4 is 26.8 Å². The summed E-state index contributed by atoms with van der Waals surface area (Å²) in [5, 5.41) is 0. The summed E-state index contributed by atoms with van der Waals surface area (Å²) in [6.07, 6.45) is 6.27. The highest BCUT2D eigenvalue weighted by molar-refractivity contribution is 7.90. The van der Waals surface area contributed by atoms with Crippen LogP contribution in [0.4, 0.5) is 0 Å². The second kappa shape index (κ2) is 6.92. The number of nitrogens with zero attached hydrogens (tertiary/aromatic N) is 5. The van der Waals surface area contributed by atoms with Gasteiger partial charge in [0.2, 0.25) is 0 Å². The molecule has 4 aromatic rings. The molecule has 0 N–H and O–H groups in total. The van der Waals surface area contributed by atoms with Crippen LogP contribution in [0, 0.1) is 12.8 Å². The molecule has 156 valence electrons. The van der Waals surface area contributed by atoms with Gasteiger partial charge in [-0.3, -0.25) is 4.40 Å². The topological polar surface area (TPSA) is 72.5 Å². The molecule has 1 fully saturated rings. The minimum Gasteiger partial charge on any atom is -0.305 e. The largest absolute Gasteiger partial charge is 0.305 e. The molecule has 0 bridgehead atoms. The highest BCUT2D eigenvalue weighted by Crippen LogP contribution is 2.35. The molecule has 2 atom stereocenters. The van der Waals surface area contributed by atoms with E-state index in [1.165, 1.54) is 3.97 Å². The van der Waals surface area contributed by atoms with E-state index in [4.69, 9.17) is 0 Å². The predicted octanol–water partition coefficient (Wildman–Crippen LogP) is 3.28. The van der Waals surface area contributed by atoms with Crippen molar-refractivity contribution in [3.8, 4) is 0 Å². The summed E-state index contributed by atoms with van der Waals surface area (Å²) in [7, 11) is -1.59. The fourth-order valence-electron chi connectivity index (χ4n) is 4.66. The zero-order chi connectivity index (χ0) is 21.0. The molecule has 1 saturated heterocycles. The summed E-state index contributed by atoms with van der Waals surface area (Å²) < 4.78 is 29.9. The Labute approximate surface area is 176 Å². The number of rotatable bonds is 4. The van der Waals surface area contributed by atoms with Gasteiger partial charge < -0.3 is 4.90 Å². The van der Waals surface area contributed by atoms with Gasteiger partial charge in [-0.05, 0) is 38.1 Å². The maximum absolute atomic E-state index is 13.3. The third-order valence-electron chi connectivity index (χ3n) is 6.27. The number of aryl methyl sites for hydroxylation is 1. The zero-order valence-corrected chi connectivity index (χ0v) is 18.2. The second-order valence-corrected chi connectivity index (χ2v) is 10.1. The first-order valence-electron chi connectivity index (χ1n) is 10.2. The molecule has 0 saturated carbocycles. The van der Waals surface area contributed by atoms with Crippen LogP contribution in [0.3, 0.4) is 0 Å². The number of hydrogen-bond donors (Lipinski definition) is 0. The first kappa shape index (κ1) is 19.3. The Morgan fingerprint density at radius 3 is 2.57 bits per heavy atom. The van der Waals surface area contributed by atoms with Crippen LogP contribution in [0.25, 0.3) is 16.8 Å². The fraction of sp³-hybridized carbons (Fsp3) is 0.364. The van der Waals surface area contributed by atoms with Crippen molar-refractivity contribution in [2.24, 2.45) is 5.92 Å². The quantitative estimate of drug-likeness (QED) is 0.504. The Morgan fingerprint density at radius 2 is 1.83 bits per heavy atom. The van der Waals surface area contributed by atoms with Gasteiger partial charge >= 0.3 is 0 Å². The van der Waals surface area contributed by atoms with E-state index >= 15 is 0 Å². The van der Waals surface area contributed by atoms with Gasteiger partial charge in [0.15, 0.2) is 11.3 Å². The predicted molar refractivity (Wildman–Crippen MR) is 116 cm³/mol. The summed E-state index contributed by atoms with van der Waals surface area (Å²) in [6, 6.07) is 8.71. The van der Waals surface area contributed by atoms with Crippen LogP contribution in [0.15, 0.2) is 53.8 Å². The fourth-order valence-corrected chi connectivity index (χ4v) is 5.96. The SMILES string of the molecule is CC[C@@H]1CN(C)CC1c1cnc2cnc3c(ccn3S(=O)(=O)c3ccc(C)cc3)n12. The molecule has 1 aliphatic heterocycles.